The summed E-state index contributed by atoms with van der Waals surface area (Å²) in [5.41, 5.74) is 0. The highest BCUT2D eigenvalue weighted by Crippen LogP contribution is 2.28. The fraction of sp³-hybridized carbons (Fsp3) is 1.00. The van der Waals surface area contributed by atoms with Crippen molar-refractivity contribution in [2.45, 2.75) is 25.4 Å². The lowest BCUT2D eigenvalue weighted by atomic mass is 10.4. The minimum absolute atomic E-state index is 0.134. The number of halogens is 3. The van der Waals surface area contributed by atoms with Crippen LogP contribution in [0.2, 0.25) is 0 Å². The van der Waals surface area contributed by atoms with E-state index in [-0.39, 0.29) is 6.61 Å². The molecule has 0 aromatic rings. The smallest absolute Gasteiger partial charge is 0.380 e. The summed E-state index contributed by atoms with van der Waals surface area (Å²) in [6.07, 6.45) is -1.07. The van der Waals surface area contributed by atoms with Gasteiger partial charge in [-0.3, -0.25) is 0 Å². The Kier molecular flexibility index (Phi) is 6.84. The molecule has 0 saturated heterocycles. The lowest BCUT2D eigenvalue weighted by Crippen LogP contribution is -2.23. The van der Waals surface area contributed by atoms with Gasteiger partial charge in [0.1, 0.15) is 6.61 Å². The van der Waals surface area contributed by atoms with Crippen LogP contribution in [0.1, 0.15) is 19.3 Å². The van der Waals surface area contributed by atoms with E-state index in [1.807, 2.05) is 0 Å². The standard InChI is InChI=1S/C11H20F3NO2/c12-11(13,14)9-17-6-1-4-15-5-7-16-8-10-2-3-10/h10,15H,1-9H2. The molecule has 1 aliphatic rings. The molecule has 1 aliphatic carbocycles. The molecular formula is C11H20F3NO2. The van der Waals surface area contributed by atoms with Gasteiger partial charge in [-0.1, -0.05) is 0 Å². The van der Waals surface area contributed by atoms with Crippen molar-refractivity contribution in [3.8, 4) is 0 Å². The second-order valence-corrected chi connectivity index (χ2v) is 4.29. The van der Waals surface area contributed by atoms with Crippen molar-refractivity contribution in [3.63, 3.8) is 0 Å². The first-order valence-electron chi connectivity index (χ1n) is 6.01. The van der Waals surface area contributed by atoms with Crippen LogP contribution in [0.3, 0.4) is 0 Å². The van der Waals surface area contributed by atoms with Gasteiger partial charge in [-0.05, 0) is 31.7 Å². The normalized spacial score (nSPS) is 16.4. The van der Waals surface area contributed by atoms with Crippen molar-refractivity contribution < 1.29 is 22.6 Å². The van der Waals surface area contributed by atoms with Gasteiger partial charge in [0.15, 0.2) is 0 Å². The van der Waals surface area contributed by atoms with Gasteiger partial charge in [-0.25, -0.2) is 0 Å². The van der Waals surface area contributed by atoms with Gasteiger partial charge >= 0.3 is 6.18 Å². The SMILES string of the molecule is FC(F)(F)COCCCNCCOCC1CC1. The summed E-state index contributed by atoms with van der Waals surface area (Å²) in [6.45, 7) is 1.89. The van der Waals surface area contributed by atoms with E-state index in [2.05, 4.69) is 10.1 Å². The highest BCUT2D eigenvalue weighted by atomic mass is 19.4. The van der Waals surface area contributed by atoms with Crippen LogP contribution >= 0.6 is 0 Å². The van der Waals surface area contributed by atoms with Gasteiger partial charge in [0.05, 0.1) is 6.61 Å². The molecule has 6 heteroatoms. The number of hydrogen-bond donors (Lipinski definition) is 1. The Morgan fingerprint density at radius 3 is 2.47 bits per heavy atom. The first kappa shape index (κ1) is 14.7. The van der Waals surface area contributed by atoms with E-state index in [1.54, 1.807) is 0 Å². The molecule has 0 bridgehead atoms. The van der Waals surface area contributed by atoms with Crippen LogP contribution in [0.25, 0.3) is 0 Å². The maximum atomic E-state index is 11.7. The predicted octanol–water partition coefficient (Wildman–Crippen LogP) is 1.97. The van der Waals surface area contributed by atoms with Gasteiger partial charge in [0, 0.05) is 19.8 Å². The summed E-state index contributed by atoms with van der Waals surface area (Å²) in [4.78, 5) is 0. The molecule has 0 spiro atoms. The van der Waals surface area contributed by atoms with Crippen molar-refractivity contribution in [2.75, 3.05) is 39.5 Å². The predicted molar refractivity (Wildman–Crippen MR) is 57.9 cm³/mol. The first-order chi connectivity index (χ1) is 8.08. The fourth-order valence-electron chi connectivity index (χ4n) is 1.29. The van der Waals surface area contributed by atoms with Gasteiger partial charge in [-0.2, -0.15) is 13.2 Å². The Hall–Kier alpha value is -0.330. The van der Waals surface area contributed by atoms with Gasteiger partial charge in [0.2, 0.25) is 0 Å². The topological polar surface area (TPSA) is 30.5 Å². The molecule has 0 unspecified atom stereocenters. The van der Waals surface area contributed by atoms with Crippen molar-refractivity contribution >= 4 is 0 Å². The van der Waals surface area contributed by atoms with E-state index < -0.39 is 12.8 Å². The number of rotatable bonds is 10. The summed E-state index contributed by atoms with van der Waals surface area (Å²) >= 11 is 0. The van der Waals surface area contributed by atoms with Crippen LogP contribution in [0.15, 0.2) is 0 Å². The lowest BCUT2D eigenvalue weighted by Gasteiger charge is -2.08. The molecule has 0 radical (unpaired) electrons. The van der Waals surface area contributed by atoms with Crippen LogP contribution in [0.5, 0.6) is 0 Å². The number of hydrogen-bond acceptors (Lipinski definition) is 3. The third kappa shape index (κ3) is 10.5. The Morgan fingerprint density at radius 1 is 1.06 bits per heavy atom. The highest BCUT2D eigenvalue weighted by Gasteiger charge is 2.27. The van der Waals surface area contributed by atoms with Crippen molar-refractivity contribution in [3.05, 3.63) is 0 Å². The molecule has 3 nitrogen and oxygen atoms in total. The Bertz CT molecular complexity index is 196. The van der Waals surface area contributed by atoms with Crippen LogP contribution < -0.4 is 5.32 Å². The average molecular weight is 255 g/mol. The quantitative estimate of drug-likeness (QED) is 0.605. The molecule has 0 atom stereocenters. The fourth-order valence-corrected chi connectivity index (χ4v) is 1.29. The van der Waals surface area contributed by atoms with Crippen LogP contribution in [-0.2, 0) is 9.47 Å². The Balaban J connectivity index is 1.69. The summed E-state index contributed by atoms with van der Waals surface area (Å²) in [5, 5.41) is 3.09. The first-order valence-corrected chi connectivity index (χ1v) is 6.01. The molecule has 1 saturated carbocycles. The lowest BCUT2D eigenvalue weighted by molar-refractivity contribution is -0.173. The summed E-state index contributed by atoms with van der Waals surface area (Å²) in [6, 6.07) is 0. The van der Waals surface area contributed by atoms with Gasteiger partial charge in [-0.15, -0.1) is 0 Å². The van der Waals surface area contributed by atoms with Crippen LogP contribution in [0, 0.1) is 5.92 Å². The van der Waals surface area contributed by atoms with E-state index in [0.29, 0.717) is 19.6 Å². The molecule has 0 aromatic carbocycles. The summed E-state index contributed by atoms with van der Waals surface area (Å²) in [7, 11) is 0. The molecule has 1 rings (SSSR count). The van der Waals surface area contributed by atoms with Crippen molar-refractivity contribution in [1.82, 2.24) is 5.32 Å². The van der Waals surface area contributed by atoms with Gasteiger partial charge in [0.25, 0.3) is 0 Å². The Labute approximate surface area is 99.7 Å². The zero-order valence-corrected chi connectivity index (χ0v) is 9.89. The third-order valence-electron chi connectivity index (χ3n) is 2.38. The second kappa shape index (κ2) is 7.89. The molecule has 102 valence electrons. The van der Waals surface area contributed by atoms with E-state index in [0.717, 1.165) is 19.1 Å². The molecule has 0 heterocycles. The number of nitrogens with one attached hydrogen (secondary N) is 1. The minimum atomic E-state index is -4.22. The van der Waals surface area contributed by atoms with Crippen molar-refractivity contribution in [2.24, 2.45) is 5.92 Å². The summed E-state index contributed by atoms with van der Waals surface area (Å²) < 4.78 is 44.9. The zero-order valence-electron chi connectivity index (χ0n) is 9.89. The molecule has 1 fully saturated rings. The number of alkyl halides is 3. The number of ether oxygens (including phenoxy) is 2. The maximum absolute atomic E-state index is 11.7. The molecule has 0 amide bonds. The Morgan fingerprint density at radius 2 is 1.82 bits per heavy atom. The largest absolute Gasteiger partial charge is 0.411 e. The molecule has 17 heavy (non-hydrogen) atoms. The van der Waals surface area contributed by atoms with E-state index in [4.69, 9.17) is 4.74 Å². The summed E-state index contributed by atoms with van der Waals surface area (Å²) in [5.74, 6) is 0.769. The van der Waals surface area contributed by atoms with E-state index in [9.17, 15) is 13.2 Å². The van der Waals surface area contributed by atoms with Crippen LogP contribution in [-0.4, -0.2) is 45.7 Å². The highest BCUT2D eigenvalue weighted by molar-refractivity contribution is 4.71. The van der Waals surface area contributed by atoms with Gasteiger partial charge < -0.3 is 14.8 Å². The molecule has 0 aliphatic heterocycles. The molecular weight excluding hydrogens is 235 g/mol. The van der Waals surface area contributed by atoms with E-state index >= 15 is 0 Å². The third-order valence-corrected chi connectivity index (χ3v) is 2.38. The molecule has 1 N–H and O–H groups in total. The average Bonchev–Trinajstić information content (AvgIpc) is 3.03. The van der Waals surface area contributed by atoms with Crippen LogP contribution in [0.4, 0.5) is 13.2 Å². The monoisotopic (exact) mass is 255 g/mol. The van der Waals surface area contributed by atoms with E-state index in [1.165, 1.54) is 12.8 Å². The maximum Gasteiger partial charge on any atom is 0.411 e. The van der Waals surface area contributed by atoms with Crippen molar-refractivity contribution in [1.29, 1.82) is 0 Å². The molecule has 0 aromatic heterocycles. The minimum Gasteiger partial charge on any atom is -0.380 e. The zero-order chi connectivity index (χ0) is 12.6. The second-order valence-electron chi connectivity index (χ2n) is 4.29.